The smallest absolute Gasteiger partial charge is 0.333 e. The molecule has 1 fully saturated rings. The van der Waals surface area contributed by atoms with Crippen molar-refractivity contribution in [2.75, 3.05) is 18.0 Å². The number of aliphatic hydroxyl groups excluding tert-OH is 1. The average molecular weight is 511 g/mol. The predicted octanol–water partition coefficient (Wildman–Crippen LogP) is 3.44. The Labute approximate surface area is 219 Å². The van der Waals surface area contributed by atoms with Crippen molar-refractivity contribution in [3.63, 3.8) is 0 Å². The van der Waals surface area contributed by atoms with E-state index in [1.807, 2.05) is 43.3 Å². The Morgan fingerprint density at radius 3 is 2.58 bits per heavy atom. The lowest BCUT2D eigenvalue weighted by Crippen LogP contribution is -2.24. The fourth-order valence-electron chi connectivity index (χ4n) is 5.24. The minimum Gasteiger partial charge on any atom is -0.391 e. The van der Waals surface area contributed by atoms with Gasteiger partial charge < -0.3 is 15.1 Å². The molecule has 5 heterocycles. The zero-order chi connectivity index (χ0) is 26.8. The van der Waals surface area contributed by atoms with Gasteiger partial charge in [-0.05, 0) is 63.1 Å². The summed E-state index contributed by atoms with van der Waals surface area (Å²) in [6.45, 7) is 6.68. The van der Waals surface area contributed by atoms with Crippen molar-refractivity contribution in [3.8, 4) is 16.8 Å². The topological polar surface area (TPSA) is 109 Å². The molecule has 0 radical (unpaired) electrons. The van der Waals surface area contributed by atoms with Crippen LogP contribution >= 0.6 is 0 Å². The van der Waals surface area contributed by atoms with Gasteiger partial charge in [-0.3, -0.25) is 19.1 Å². The summed E-state index contributed by atoms with van der Waals surface area (Å²) in [5.41, 5.74) is 4.96. The molecule has 6 rings (SSSR count). The molecule has 9 nitrogen and oxygen atoms in total. The highest BCUT2D eigenvalue weighted by Gasteiger charge is 2.23. The van der Waals surface area contributed by atoms with Crippen molar-refractivity contribution < 1.29 is 10.2 Å². The summed E-state index contributed by atoms with van der Waals surface area (Å²) in [4.78, 5) is 29.4. The van der Waals surface area contributed by atoms with E-state index in [0.29, 0.717) is 17.7 Å². The van der Waals surface area contributed by atoms with Crippen molar-refractivity contribution in [2.45, 2.75) is 38.9 Å². The average Bonchev–Trinajstić information content (AvgIpc) is 3.44. The number of pyridine rings is 3. The lowest BCUT2D eigenvalue weighted by atomic mass is 9.96. The highest BCUT2D eigenvalue weighted by molar-refractivity contribution is 6.04. The Kier molecular flexibility index (Phi) is 5.59. The van der Waals surface area contributed by atoms with Crippen molar-refractivity contribution in [1.82, 2.24) is 24.1 Å². The second kappa shape index (κ2) is 8.75. The third-order valence-electron chi connectivity index (χ3n) is 7.43. The highest BCUT2D eigenvalue weighted by atomic mass is 16.3. The molecule has 1 aromatic carbocycles. The molecule has 1 aliphatic rings. The zero-order valence-electron chi connectivity index (χ0n) is 21.9. The van der Waals surface area contributed by atoms with Crippen LogP contribution in [0, 0.1) is 6.92 Å². The number of aryl methyl sites for hydroxylation is 2. The third kappa shape index (κ3) is 3.95. The molecule has 1 unspecified atom stereocenters. The van der Waals surface area contributed by atoms with E-state index in [4.69, 9.17) is 4.98 Å². The van der Waals surface area contributed by atoms with E-state index >= 15 is 0 Å². The van der Waals surface area contributed by atoms with Crippen molar-refractivity contribution in [1.29, 1.82) is 0 Å². The molecule has 4 aromatic heterocycles. The number of aliphatic hydroxyl groups is 2. The Bertz CT molecular complexity index is 1760. The number of hydrogen-bond acceptors (Lipinski definition) is 7. The number of rotatable bonds is 4. The van der Waals surface area contributed by atoms with E-state index < -0.39 is 5.60 Å². The van der Waals surface area contributed by atoms with Gasteiger partial charge in [0, 0.05) is 49.0 Å². The van der Waals surface area contributed by atoms with Gasteiger partial charge >= 0.3 is 5.69 Å². The summed E-state index contributed by atoms with van der Waals surface area (Å²) >= 11 is 0. The number of fused-ring (bicyclic) bond motifs is 3. The van der Waals surface area contributed by atoms with Crippen LogP contribution in [0.3, 0.4) is 0 Å². The summed E-state index contributed by atoms with van der Waals surface area (Å²) in [6, 6.07) is 11.7. The van der Waals surface area contributed by atoms with Gasteiger partial charge in [-0.1, -0.05) is 6.07 Å². The Hall–Kier alpha value is -4.08. The van der Waals surface area contributed by atoms with E-state index in [0.717, 1.165) is 57.6 Å². The fourth-order valence-corrected chi connectivity index (χ4v) is 5.24. The van der Waals surface area contributed by atoms with E-state index in [2.05, 4.69) is 14.9 Å². The summed E-state index contributed by atoms with van der Waals surface area (Å²) in [7, 11) is 1.75. The molecule has 38 heavy (non-hydrogen) atoms. The SMILES string of the molecule is Cc1nc(N2CCC(O)C2)ccc1-n1c(=O)n(C)c2cnc3ccc(-c4cncc(C(C)(C)O)c4)cc3c21. The second-order valence-corrected chi connectivity index (χ2v) is 10.6. The molecule has 0 spiro atoms. The fraction of sp³-hybridized carbons (Fsp3) is 0.310. The normalized spacial score (nSPS) is 16.2. The van der Waals surface area contributed by atoms with Crippen LogP contribution in [0.1, 0.15) is 31.5 Å². The van der Waals surface area contributed by atoms with E-state index in [1.165, 1.54) is 0 Å². The minimum atomic E-state index is -1.02. The van der Waals surface area contributed by atoms with Crippen LogP contribution in [-0.2, 0) is 12.6 Å². The van der Waals surface area contributed by atoms with Crippen LogP contribution in [0.25, 0.3) is 38.8 Å². The van der Waals surface area contributed by atoms with Gasteiger partial charge in [0.05, 0.1) is 45.8 Å². The number of anilines is 1. The molecule has 1 aliphatic heterocycles. The van der Waals surface area contributed by atoms with Crippen molar-refractivity contribution in [2.24, 2.45) is 7.05 Å². The molecule has 0 aliphatic carbocycles. The van der Waals surface area contributed by atoms with Crippen LogP contribution in [0.5, 0.6) is 0 Å². The van der Waals surface area contributed by atoms with Gasteiger partial charge in [-0.2, -0.15) is 0 Å². The molecule has 0 amide bonds. The lowest BCUT2D eigenvalue weighted by molar-refractivity contribution is 0.0783. The maximum absolute atomic E-state index is 13.6. The van der Waals surface area contributed by atoms with Gasteiger partial charge in [0.1, 0.15) is 5.82 Å². The summed E-state index contributed by atoms with van der Waals surface area (Å²) in [6.07, 6.45) is 5.55. The van der Waals surface area contributed by atoms with Gasteiger partial charge in [-0.15, -0.1) is 0 Å². The Morgan fingerprint density at radius 2 is 1.87 bits per heavy atom. The molecule has 1 atom stereocenters. The highest BCUT2D eigenvalue weighted by Crippen LogP contribution is 2.32. The number of β-amino-alcohol motifs (C(OH)–C–C–N with tert-alkyl or cyclic N) is 1. The number of aromatic nitrogens is 5. The summed E-state index contributed by atoms with van der Waals surface area (Å²) in [5, 5.41) is 21.3. The van der Waals surface area contributed by atoms with E-state index in [-0.39, 0.29) is 11.8 Å². The molecule has 5 aromatic rings. The number of imidazole rings is 1. The first-order chi connectivity index (χ1) is 18.1. The lowest BCUT2D eigenvalue weighted by Gasteiger charge is -2.18. The van der Waals surface area contributed by atoms with Crippen LogP contribution in [-0.4, -0.2) is 53.5 Å². The van der Waals surface area contributed by atoms with Crippen LogP contribution in [0.15, 0.2) is 59.8 Å². The third-order valence-corrected chi connectivity index (χ3v) is 7.43. The molecule has 1 saturated heterocycles. The maximum atomic E-state index is 13.6. The maximum Gasteiger partial charge on any atom is 0.333 e. The molecule has 0 bridgehead atoms. The number of hydrogen-bond donors (Lipinski definition) is 2. The standard InChI is InChI=1S/C29H30N6O3/c1-17-24(7-8-26(32-17)34-10-9-21(36)16-34)35-27-22-12-18(19-11-20(14-30-13-19)29(2,3)38)5-6-23(22)31-15-25(27)33(4)28(35)37/h5-8,11-15,21,36,38H,9-10,16H2,1-4H3. The number of benzene rings is 1. The van der Waals surface area contributed by atoms with Crippen molar-refractivity contribution in [3.05, 3.63) is 76.7 Å². The summed E-state index contributed by atoms with van der Waals surface area (Å²) < 4.78 is 3.31. The van der Waals surface area contributed by atoms with Crippen LogP contribution < -0.4 is 10.6 Å². The second-order valence-electron chi connectivity index (χ2n) is 10.6. The van der Waals surface area contributed by atoms with E-state index in [9.17, 15) is 15.0 Å². The first-order valence-corrected chi connectivity index (χ1v) is 12.7. The van der Waals surface area contributed by atoms with Gasteiger partial charge in [-0.25, -0.2) is 9.78 Å². The van der Waals surface area contributed by atoms with Crippen LogP contribution in [0.4, 0.5) is 5.82 Å². The number of nitrogens with zero attached hydrogens (tertiary/aromatic N) is 6. The quantitative estimate of drug-likeness (QED) is 0.381. The Morgan fingerprint density at radius 1 is 1.05 bits per heavy atom. The molecule has 194 valence electrons. The molecule has 0 saturated carbocycles. The van der Waals surface area contributed by atoms with Gasteiger partial charge in [0.25, 0.3) is 0 Å². The van der Waals surface area contributed by atoms with Crippen LogP contribution in [0.2, 0.25) is 0 Å². The molecular weight excluding hydrogens is 480 g/mol. The molecular formula is C29H30N6O3. The zero-order valence-corrected chi connectivity index (χ0v) is 21.9. The first-order valence-electron chi connectivity index (χ1n) is 12.7. The van der Waals surface area contributed by atoms with Crippen molar-refractivity contribution >= 4 is 27.8 Å². The minimum absolute atomic E-state index is 0.181. The largest absolute Gasteiger partial charge is 0.391 e. The van der Waals surface area contributed by atoms with E-state index in [1.54, 1.807) is 48.6 Å². The molecule has 9 heteroatoms. The predicted molar refractivity (Wildman–Crippen MR) is 148 cm³/mol. The summed E-state index contributed by atoms with van der Waals surface area (Å²) in [5.74, 6) is 0.795. The van der Waals surface area contributed by atoms with Gasteiger partial charge in [0.15, 0.2) is 0 Å². The molecule has 2 N–H and O–H groups in total. The Balaban J connectivity index is 1.55. The monoisotopic (exact) mass is 510 g/mol. The first kappa shape index (κ1) is 24.3. The van der Waals surface area contributed by atoms with Gasteiger partial charge in [0.2, 0.25) is 0 Å².